The van der Waals surface area contributed by atoms with Crippen LogP contribution in [0.2, 0.25) is 0 Å². The van der Waals surface area contributed by atoms with Gasteiger partial charge in [-0.3, -0.25) is 14.1 Å². The van der Waals surface area contributed by atoms with Crippen molar-refractivity contribution in [3.8, 4) is 0 Å². The molecular weight excluding hydrogens is 539 g/mol. The summed E-state index contributed by atoms with van der Waals surface area (Å²) in [6.07, 6.45) is 8.63. The predicted molar refractivity (Wildman–Crippen MR) is 159 cm³/mol. The van der Waals surface area contributed by atoms with Crippen molar-refractivity contribution < 1.29 is 51.4 Å². The summed E-state index contributed by atoms with van der Waals surface area (Å²) in [5.41, 5.74) is 4.20. The van der Waals surface area contributed by atoms with Crippen LogP contribution in [0.3, 0.4) is 0 Å². The third-order valence-electron chi connectivity index (χ3n) is 6.55. The molecule has 1 saturated carbocycles. The topological polar surface area (TPSA) is 81.5 Å². The Morgan fingerprint density at radius 1 is 1.11 bits per heavy atom. The molecule has 4 aromatic heterocycles. The van der Waals surface area contributed by atoms with E-state index in [2.05, 4.69) is 52.1 Å². The molecule has 0 aromatic carbocycles. The molecule has 0 N–H and O–H groups in total. The van der Waals surface area contributed by atoms with Crippen molar-refractivity contribution in [1.82, 2.24) is 29.1 Å². The maximum Gasteiger partial charge on any atom is 1.00 e. The van der Waals surface area contributed by atoms with E-state index in [9.17, 15) is 0 Å². The average Bonchev–Trinajstić information content (AvgIpc) is 3.28. The van der Waals surface area contributed by atoms with E-state index in [4.69, 9.17) is 10.1 Å². The van der Waals surface area contributed by atoms with Gasteiger partial charge in [0.2, 0.25) is 5.95 Å². The first-order valence-corrected chi connectivity index (χ1v) is 14.0. The molecule has 9 nitrogen and oxygen atoms in total. The second-order valence-corrected chi connectivity index (χ2v) is 10.2. The maximum atomic E-state index is 4.92. The van der Waals surface area contributed by atoms with Gasteiger partial charge in [-0.2, -0.15) is 10.1 Å². The Labute approximate surface area is 273 Å². The molecule has 6 rings (SSSR count). The summed E-state index contributed by atoms with van der Waals surface area (Å²) >= 11 is 0. The van der Waals surface area contributed by atoms with E-state index >= 15 is 0 Å². The molecule has 3 atom stereocenters. The summed E-state index contributed by atoms with van der Waals surface area (Å²) in [4.78, 5) is 11.3. The Morgan fingerprint density at radius 3 is 2.47 bits per heavy atom. The van der Waals surface area contributed by atoms with Gasteiger partial charge in [0.25, 0.3) is 0 Å². The molecule has 4 aromatic rings. The standard InChI is InChI=1S/C17H23N7P2.C7H9N2.C2H6.K/c1-11-4-2-8-21(11)17-18-16(13-5-3-9-22(13)20-17)23(25)15-10-14(12-6-7-12)24(26)19-15;1-6-3-4-7(8-2)5-9-6;1-2;/h3,5,9-12H,2,4,6-8,25-26H2,1H3;3-5H,1-2H3;1-2H3;/q;-1;;+1. The molecule has 12 heteroatoms. The van der Waals surface area contributed by atoms with E-state index in [0.717, 1.165) is 41.0 Å². The van der Waals surface area contributed by atoms with Crippen LogP contribution < -0.4 is 61.0 Å². The number of nitrogens with zero attached hydrogens (tertiary/aromatic N) is 9. The van der Waals surface area contributed by atoms with Crippen LogP contribution in [0.1, 0.15) is 63.8 Å². The Morgan fingerprint density at radius 2 is 1.87 bits per heavy atom. The minimum atomic E-state index is 0. The fourth-order valence-electron chi connectivity index (χ4n) is 4.33. The number of hydrogen-bond donors (Lipinski definition) is 0. The quantitative estimate of drug-likeness (QED) is 0.267. The van der Waals surface area contributed by atoms with E-state index in [0.29, 0.717) is 12.0 Å². The Bertz CT molecular complexity index is 1300. The zero-order valence-corrected chi connectivity index (χ0v) is 28.8. The number of hydrogen-bond acceptors (Lipinski definition) is 6. The van der Waals surface area contributed by atoms with Gasteiger partial charge in [-0.25, -0.2) is 4.52 Å². The summed E-state index contributed by atoms with van der Waals surface area (Å²) < 4.78 is 5.83. The first kappa shape index (κ1) is 31.4. The molecule has 0 spiro atoms. The third kappa shape index (κ3) is 7.33. The van der Waals surface area contributed by atoms with Crippen LogP contribution in [-0.4, -0.2) is 48.8 Å². The molecule has 38 heavy (non-hydrogen) atoms. The molecule has 0 bridgehead atoms. The van der Waals surface area contributed by atoms with Gasteiger partial charge in [-0.1, -0.05) is 19.9 Å². The molecule has 1 aliphatic carbocycles. The number of aryl methyl sites for hydroxylation is 1. The first-order chi connectivity index (χ1) is 17.9. The first-order valence-electron chi connectivity index (χ1n) is 13.0. The minimum absolute atomic E-state index is 0. The molecule has 198 valence electrons. The van der Waals surface area contributed by atoms with Gasteiger partial charge in [0.15, 0.2) is 11.6 Å². The van der Waals surface area contributed by atoms with Crippen molar-refractivity contribution in [1.29, 1.82) is 0 Å². The van der Waals surface area contributed by atoms with E-state index in [1.54, 1.807) is 13.2 Å². The van der Waals surface area contributed by atoms with Gasteiger partial charge >= 0.3 is 51.4 Å². The monoisotopic (exact) mass is 577 g/mol. The summed E-state index contributed by atoms with van der Waals surface area (Å²) in [5.74, 6) is 3.17. The molecule has 2 fully saturated rings. The number of aromatic nitrogens is 6. The Hall–Kier alpha value is -1.12. The van der Waals surface area contributed by atoms with Crippen LogP contribution in [0.25, 0.3) is 10.8 Å². The molecule has 0 amide bonds. The SMILES string of the molecule is CC.CC1CCCN1c1nc(N(P)c2cc(C3CC3)n(P)n2)c2cccn2n1.C[N-]c1ccc(C)nc1.[K+]. The number of fused-ring (bicyclic) bond motifs is 1. The second kappa shape index (κ2) is 14.5. The van der Waals surface area contributed by atoms with Crippen molar-refractivity contribution in [2.24, 2.45) is 0 Å². The zero-order valence-electron chi connectivity index (χ0n) is 23.4. The van der Waals surface area contributed by atoms with E-state index in [1.807, 2.05) is 64.9 Å². The van der Waals surface area contributed by atoms with Crippen molar-refractivity contribution in [2.45, 2.75) is 65.3 Å². The number of anilines is 3. The zero-order chi connectivity index (χ0) is 26.5. The van der Waals surface area contributed by atoms with Gasteiger partial charge in [0.05, 0.1) is 0 Å². The van der Waals surface area contributed by atoms with E-state index in [1.165, 1.54) is 31.4 Å². The van der Waals surface area contributed by atoms with Crippen LogP contribution >= 0.6 is 18.8 Å². The van der Waals surface area contributed by atoms with Gasteiger partial charge in [-0.15, -0.1) is 17.8 Å². The van der Waals surface area contributed by atoms with Crippen molar-refractivity contribution in [3.05, 3.63) is 59.4 Å². The van der Waals surface area contributed by atoms with Crippen LogP contribution in [0, 0.1) is 6.92 Å². The van der Waals surface area contributed by atoms with Crippen LogP contribution in [0.15, 0.2) is 42.7 Å². The maximum absolute atomic E-state index is 4.92. The van der Waals surface area contributed by atoms with Crippen molar-refractivity contribution >= 4 is 47.6 Å². The smallest absolute Gasteiger partial charge is 0.686 e. The summed E-state index contributed by atoms with van der Waals surface area (Å²) in [6.45, 7) is 9.21. The fourth-order valence-corrected chi connectivity index (χ4v) is 5.05. The van der Waals surface area contributed by atoms with Gasteiger partial charge in [0, 0.05) is 48.4 Å². The van der Waals surface area contributed by atoms with Crippen molar-refractivity contribution in [3.63, 3.8) is 0 Å². The van der Waals surface area contributed by atoms with Crippen LogP contribution in [0.5, 0.6) is 0 Å². The Kier molecular flexibility index (Phi) is 12.0. The number of pyridine rings is 1. The summed E-state index contributed by atoms with van der Waals surface area (Å²) in [6, 6.07) is 10.6. The van der Waals surface area contributed by atoms with E-state index in [-0.39, 0.29) is 51.4 Å². The normalized spacial score (nSPS) is 16.2. The van der Waals surface area contributed by atoms with E-state index < -0.39 is 0 Å². The molecule has 1 aliphatic heterocycles. The average molecular weight is 578 g/mol. The molecule has 5 heterocycles. The molecule has 0 radical (unpaired) electrons. The Balaban J connectivity index is 0.000000284. The van der Waals surface area contributed by atoms with Crippen LogP contribution in [0.4, 0.5) is 23.3 Å². The van der Waals surface area contributed by atoms with Gasteiger partial charge in [-0.05, 0) is 76.5 Å². The molecule has 2 aliphatic rings. The predicted octanol–water partition coefficient (Wildman–Crippen LogP) is 3.41. The molecule has 1 saturated heterocycles. The molecule has 3 unspecified atom stereocenters. The second-order valence-electron chi connectivity index (χ2n) is 9.16. The summed E-state index contributed by atoms with van der Waals surface area (Å²) in [5, 5.41) is 13.4. The van der Waals surface area contributed by atoms with Crippen molar-refractivity contribution in [2.75, 3.05) is 23.2 Å². The minimum Gasteiger partial charge on any atom is -0.686 e. The van der Waals surface area contributed by atoms with Gasteiger partial charge in [0.1, 0.15) is 5.52 Å². The summed E-state index contributed by atoms with van der Waals surface area (Å²) in [7, 11) is 7.23. The van der Waals surface area contributed by atoms with Crippen LogP contribution in [-0.2, 0) is 0 Å². The number of rotatable bonds is 5. The largest absolute Gasteiger partial charge is 1.00 e. The fraction of sp³-hybridized carbons (Fsp3) is 0.462. The molecular formula is C26H38KN9P2. The van der Waals surface area contributed by atoms with Gasteiger partial charge < -0.3 is 10.2 Å². The third-order valence-corrected chi connectivity index (χ3v) is 7.47.